The average Bonchev–Trinajstić information content (AvgIpc) is 2.92. The van der Waals surface area contributed by atoms with Crippen LogP contribution in [0.15, 0.2) is 6.20 Å². The van der Waals surface area contributed by atoms with E-state index in [0.29, 0.717) is 6.42 Å². The fourth-order valence-corrected chi connectivity index (χ4v) is 3.77. The Hall–Kier alpha value is -1.90. The molecule has 20 heavy (non-hydrogen) atoms. The summed E-state index contributed by atoms with van der Waals surface area (Å²) in [7, 11) is -3.12. The van der Waals surface area contributed by atoms with Crippen LogP contribution in [0.5, 0.6) is 0 Å². The Morgan fingerprint density at radius 1 is 1.55 bits per heavy atom. The maximum Gasteiger partial charge on any atom is 0.359 e. The lowest BCUT2D eigenvalue weighted by atomic mass is 10.2. The molecule has 1 aromatic rings. The Morgan fingerprint density at radius 3 is 2.75 bits per heavy atom. The second kappa shape index (κ2) is 5.23. The van der Waals surface area contributed by atoms with Crippen LogP contribution in [-0.2, 0) is 14.6 Å². The van der Waals surface area contributed by atoms with Crippen LogP contribution in [0.4, 0.5) is 0 Å². The molecule has 1 aromatic heterocycles. The van der Waals surface area contributed by atoms with Crippen LogP contribution in [-0.4, -0.2) is 53.4 Å². The molecule has 1 unspecified atom stereocenters. The molecule has 0 spiro atoms. The quantitative estimate of drug-likeness (QED) is 0.785. The maximum atomic E-state index is 11.6. The van der Waals surface area contributed by atoms with Crippen LogP contribution in [0.1, 0.15) is 40.2 Å². The van der Waals surface area contributed by atoms with Gasteiger partial charge in [-0.3, -0.25) is 4.68 Å². The van der Waals surface area contributed by atoms with Crippen molar-refractivity contribution >= 4 is 21.8 Å². The van der Waals surface area contributed by atoms with E-state index < -0.39 is 27.8 Å². The topological polar surface area (TPSA) is 116 Å². The summed E-state index contributed by atoms with van der Waals surface area (Å²) in [5.74, 6) is -2.20. The minimum absolute atomic E-state index is 0.0364. The van der Waals surface area contributed by atoms with Gasteiger partial charge < -0.3 is 9.84 Å². The van der Waals surface area contributed by atoms with Crippen molar-refractivity contribution in [1.82, 2.24) is 9.78 Å². The fourth-order valence-electron chi connectivity index (χ4n) is 2.07. The maximum absolute atomic E-state index is 11.6. The van der Waals surface area contributed by atoms with Crippen molar-refractivity contribution in [2.45, 2.75) is 19.4 Å². The zero-order chi connectivity index (χ0) is 14.9. The number of carbonyl (C=O) groups excluding carboxylic acids is 1. The predicted molar refractivity (Wildman–Crippen MR) is 67.5 cm³/mol. The summed E-state index contributed by atoms with van der Waals surface area (Å²) in [6.45, 7) is 1.70. The molecule has 0 aliphatic carbocycles. The normalized spacial score (nSPS) is 20.8. The molecule has 8 nitrogen and oxygen atoms in total. The van der Waals surface area contributed by atoms with Crippen LogP contribution < -0.4 is 0 Å². The first-order chi connectivity index (χ1) is 9.34. The van der Waals surface area contributed by atoms with Crippen molar-refractivity contribution in [3.05, 3.63) is 17.5 Å². The molecule has 2 heterocycles. The molecule has 2 rings (SSSR count). The molecule has 0 saturated carbocycles. The smallest absolute Gasteiger partial charge is 0.359 e. The Bertz CT molecular complexity index is 648. The summed E-state index contributed by atoms with van der Waals surface area (Å²) >= 11 is 0. The number of nitrogens with zero attached hydrogens (tertiary/aromatic N) is 2. The van der Waals surface area contributed by atoms with Crippen molar-refractivity contribution < 1.29 is 27.9 Å². The number of esters is 1. The van der Waals surface area contributed by atoms with Gasteiger partial charge in [0.15, 0.2) is 15.5 Å². The van der Waals surface area contributed by atoms with Gasteiger partial charge in [-0.2, -0.15) is 5.10 Å². The van der Waals surface area contributed by atoms with Gasteiger partial charge >= 0.3 is 11.9 Å². The zero-order valence-corrected chi connectivity index (χ0v) is 11.6. The first-order valence-electron chi connectivity index (χ1n) is 6.04. The van der Waals surface area contributed by atoms with E-state index in [1.165, 1.54) is 10.9 Å². The zero-order valence-electron chi connectivity index (χ0n) is 10.8. The fraction of sp³-hybridized carbons (Fsp3) is 0.545. The van der Waals surface area contributed by atoms with Gasteiger partial charge in [0.05, 0.1) is 24.2 Å². The number of carboxylic acid groups (broad SMARTS) is 1. The van der Waals surface area contributed by atoms with Crippen molar-refractivity contribution in [2.75, 3.05) is 18.1 Å². The SMILES string of the molecule is CCOC(=O)c1nn(C2CCS(=O)(=O)C2)cc1C(=O)O. The van der Waals surface area contributed by atoms with Gasteiger partial charge in [-0.25, -0.2) is 18.0 Å². The summed E-state index contributed by atoms with van der Waals surface area (Å²) in [5, 5.41) is 13.0. The third-order valence-corrected chi connectivity index (χ3v) is 4.76. The van der Waals surface area contributed by atoms with E-state index in [2.05, 4.69) is 5.10 Å². The number of hydrogen-bond donors (Lipinski definition) is 1. The van der Waals surface area contributed by atoms with E-state index in [4.69, 9.17) is 9.84 Å². The van der Waals surface area contributed by atoms with Gasteiger partial charge in [-0.15, -0.1) is 0 Å². The molecule has 0 bridgehead atoms. The first kappa shape index (κ1) is 14.5. The van der Waals surface area contributed by atoms with E-state index >= 15 is 0 Å². The number of aromatic carboxylic acids is 1. The van der Waals surface area contributed by atoms with E-state index in [9.17, 15) is 18.0 Å². The number of rotatable bonds is 4. The monoisotopic (exact) mass is 302 g/mol. The standard InChI is InChI=1S/C11H14N2O6S/c1-2-19-11(16)9-8(10(14)15)5-13(12-9)7-3-4-20(17,18)6-7/h5,7H,2-4,6H2,1H3,(H,14,15). The molecular weight excluding hydrogens is 288 g/mol. The summed E-state index contributed by atoms with van der Waals surface area (Å²) in [5.41, 5.74) is -0.587. The van der Waals surface area contributed by atoms with Gasteiger partial charge in [0.1, 0.15) is 5.56 Å². The van der Waals surface area contributed by atoms with E-state index in [1.54, 1.807) is 6.92 Å². The number of aromatic nitrogens is 2. The molecule has 1 N–H and O–H groups in total. The molecule has 0 amide bonds. The minimum Gasteiger partial charge on any atom is -0.478 e. The highest BCUT2D eigenvalue weighted by Crippen LogP contribution is 2.24. The lowest BCUT2D eigenvalue weighted by Crippen LogP contribution is -2.13. The van der Waals surface area contributed by atoms with Gasteiger partial charge in [0.25, 0.3) is 0 Å². The van der Waals surface area contributed by atoms with E-state index in [-0.39, 0.29) is 29.4 Å². The summed E-state index contributed by atoms with van der Waals surface area (Å²) < 4.78 is 28.8. The lowest BCUT2D eigenvalue weighted by Gasteiger charge is -2.07. The van der Waals surface area contributed by atoms with Gasteiger partial charge in [-0.1, -0.05) is 0 Å². The Kier molecular flexibility index (Phi) is 3.80. The molecule has 1 saturated heterocycles. The molecule has 1 aliphatic heterocycles. The number of ether oxygens (including phenoxy) is 1. The van der Waals surface area contributed by atoms with Crippen molar-refractivity contribution in [2.24, 2.45) is 0 Å². The second-order valence-electron chi connectivity index (χ2n) is 4.45. The first-order valence-corrected chi connectivity index (χ1v) is 7.86. The third-order valence-electron chi connectivity index (χ3n) is 3.01. The summed E-state index contributed by atoms with van der Waals surface area (Å²) in [6.07, 6.45) is 1.53. The van der Waals surface area contributed by atoms with Crippen LogP contribution >= 0.6 is 0 Å². The second-order valence-corrected chi connectivity index (χ2v) is 6.68. The Labute approximate surface area is 115 Å². The molecule has 110 valence electrons. The van der Waals surface area contributed by atoms with E-state index in [0.717, 1.165) is 0 Å². The average molecular weight is 302 g/mol. The molecule has 0 aromatic carbocycles. The highest BCUT2D eigenvalue weighted by Gasteiger charge is 2.32. The highest BCUT2D eigenvalue weighted by molar-refractivity contribution is 7.91. The number of carboxylic acids is 1. The minimum atomic E-state index is -3.12. The largest absolute Gasteiger partial charge is 0.478 e. The molecule has 1 fully saturated rings. The van der Waals surface area contributed by atoms with Crippen molar-refractivity contribution in [3.63, 3.8) is 0 Å². The van der Waals surface area contributed by atoms with Crippen LogP contribution in [0, 0.1) is 0 Å². The molecule has 1 atom stereocenters. The molecule has 0 radical (unpaired) electrons. The summed E-state index contributed by atoms with van der Waals surface area (Å²) in [6, 6.07) is -0.443. The molecule has 9 heteroatoms. The van der Waals surface area contributed by atoms with Crippen LogP contribution in [0.2, 0.25) is 0 Å². The van der Waals surface area contributed by atoms with Crippen molar-refractivity contribution in [3.8, 4) is 0 Å². The summed E-state index contributed by atoms with van der Waals surface area (Å²) in [4.78, 5) is 22.8. The highest BCUT2D eigenvalue weighted by atomic mass is 32.2. The van der Waals surface area contributed by atoms with Gasteiger partial charge in [0.2, 0.25) is 0 Å². The predicted octanol–water partition coefficient (Wildman–Crippen LogP) is 0.118. The Balaban J connectivity index is 2.35. The number of sulfone groups is 1. The van der Waals surface area contributed by atoms with Crippen LogP contribution in [0.3, 0.4) is 0 Å². The van der Waals surface area contributed by atoms with Gasteiger partial charge in [-0.05, 0) is 13.3 Å². The Morgan fingerprint density at radius 2 is 2.25 bits per heavy atom. The van der Waals surface area contributed by atoms with Crippen LogP contribution in [0.25, 0.3) is 0 Å². The third kappa shape index (κ3) is 2.82. The van der Waals surface area contributed by atoms with E-state index in [1.807, 2.05) is 0 Å². The molecule has 1 aliphatic rings. The lowest BCUT2D eigenvalue weighted by molar-refractivity contribution is 0.0507. The molecular formula is C11H14N2O6S. The number of carbonyl (C=O) groups is 2. The van der Waals surface area contributed by atoms with Crippen molar-refractivity contribution in [1.29, 1.82) is 0 Å². The number of hydrogen-bond acceptors (Lipinski definition) is 6. The van der Waals surface area contributed by atoms with Gasteiger partial charge in [0, 0.05) is 6.20 Å².